The van der Waals surface area contributed by atoms with Crippen LogP contribution in [-0.4, -0.2) is 96.7 Å². The molecule has 0 aliphatic heterocycles. The molecule has 0 spiro atoms. The van der Waals surface area contributed by atoms with Crippen molar-refractivity contribution >= 4 is 39.5 Å². The number of hydrogen-bond donors (Lipinski definition) is 3. The topological polar surface area (TPSA) is 237 Å². The van der Waals surface area contributed by atoms with Gasteiger partial charge < -0.3 is 33.8 Å². The van der Waals surface area contributed by atoms with Crippen molar-refractivity contribution in [2.45, 2.75) is 316 Å². The number of hydrogen-bond acceptors (Lipinski definition) is 15. The molecule has 5 atom stereocenters. The Bertz CT molecular complexity index is 2760. The van der Waals surface area contributed by atoms with Gasteiger partial charge in [0.25, 0.3) is 0 Å². The van der Waals surface area contributed by atoms with E-state index in [-0.39, 0.29) is 25.7 Å². The summed E-state index contributed by atoms with van der Waals surface area (Å²) in [5.41, 5.74) is 0. The van der Waals surface area contributed by atoms with E-state index in [4.69, 9.17) is 37.0 Å². The van der Waals surface area contributed by atoms with E-state index in [1.54, 1.807) is 6.08 Å². The van der Waals surface area contributed by atoms with Crippen molar-refractivity contribution in [1.29, 1.82) is 0 Å². The lowest BCUT2D eigenvalue weighted by Gasteiger charge is -2.21. The minimum Gasteiger partial charge on any atom is -0.462 e. The summed E-state index contributed by atoms with van der Waals surface area (Å²) in [7, 11) is -10.0. The molecule has 0 aromatic rings. The van der Waals surface area contributed by atoms with E-state index < -0.39 is 97.5 Å². The number of aliphatic hydroxyl groups is 1. The van der Waals surface area contributed by atoms with E-state index in [1.807, 2.05) is 18.2 Å². The molecule has 0 saturated carbocycles. The average Bonchev–Trinajstić information content (AvgIpc) is 0.896. The van der Waals surface area contributed by atoms with Gasteiger partial charge in [0.15, 0.2) is 12.2 Å². The van der Waals surface area contributed by atoms with Gasteiger partial charge in [-0.1, -0.05) is 293 Å². The number of ether oxygens (including phenoxy) is 4. The van der Waals surface area contributed by atoms with Gasteiger partial charge in [0.1, 0.15) is 19.3 Å². The number of allylic oxidation sites excluding steroid dienone is 29. The van der Waals surface area contributed by atoms with E-state index in [9.17, 15) is 43.2 Å². The number of esters is 4. The van der Waals surface area contributed by atoms with Crippen LogP contribution in [0.15, 0.2) is 182 Å². The molecule has 0 rings (SSSR count). The Kier molecular flexibility index (Phi) is 75.0. The second kappa shape index (κ2) is 79.3. The molecule has 108 heavy (non-hydrogen) atoms. The van der Waals surface area contributed by atoms with Crippen molar-refractivity contribution in [1.82, 2.24) is 0 Å². The second-order valence-corrected chi connectivity index (χ2v) is 29.5. The van der Waals surface area contributed by atoms with Gasteiger partial charge >= 0.3 is 39.5 Å². The van der Waals surface area contributed by atoms with Crippen molar-refractivity contribution in [3.05, 3.63) is 182 Å². The van der Waals surface area contributed by atoms with Gasteiger partial charge in [-0.3, -0.25) is 37.3 Å². The number of aliphatic hydroxyl groups excluding tert-OH is 1. The molecule has 0 fully saturated rings. The molecule has 0 aliphatic rings. The van der Waals surface area contributed by atoms with Gasteiger partial charge in [0.05, 0.1) is 32.8 Å². The van der Waals surface area contributed by atoms with Gasteiger partial charge in [-0.2, -0.15) is 0 Å². The predicted molar refractivity (Wildman–Crippen MR) is 445 cm³/mol. The summed E-state index contributed by atoms with van der Waals surface area (Å²) in [6.45, 7) is 4.34. The lowest BCUT2D eigenvalue weighted by molar-refractivity contribution is -0.161. The first-order valence-corrected chi connectivity index (χ1v) is 44.0. The molecule has 17 nitrogen and oxygen atoms in total. The third-order valence-corrected chi connectivity index (χ3v) is 18.3. The fourth-order valence-electron chi connectivity index (χ4n) is 10.2. The van der Waals surface area contributed by atoms with Crippen LogP contribution in [-0.2, 0) is 65.4 Å². The summed E-state index contributed by atoms with van der Waals surface area (Å²) in [4.78, 5) is 73.1. The molecule has 0 heterocycles. The number of carbonyl (C=O) groups excluding carboxylic acids is 4. The first-order valence-electron chi connectivity index (χ1n) is 41.0. The summed E-state index contributed by atoms with van der Waals surface area (Å²) >= 11 is 0. The van der Waals surface area contributed by atoms with Crippen LogP contribution in [0.25, 0.3) is 0 Å². The lowest BCUT2D eigenvalue weighted by Crippen LogP contribution is -2.30. The highest BCUT2D eigenvalue weighted by atomic mass is 31.2. The monoisotopic (exact) mass is 1550 g/mol. The van der Waals surface area contributed by atoms with Crippen LogP contribution in [0.3, 0.4) is 0 Å². The zero-order chi connectivity index (χ0) is 78.9. The van der Waals surface area contributed by atoms with Crippen LogP contribution in [0.5, 0.6) is 0 Å². The maximum absolute atomic E-state index is 13.1. The molecule has 0 radical (unpaired) electrons. The summed E-state index contributed by atoms with van der Waals surface area (Å²) < 4.78 is 68.5. The third-order valence-electron chi connectivity index (χ3n) is 16.4. The highest BCUT2D eigenvalue weighted by Crippen LogP contribution is 2.45. The van der Waals surface area contributed by atoms with E-state index in [0.717, 1.165) is 180 Å². The Balaban J connectivity index is 5.50. The molecule has 0 aromatic heterocycles. The van der Waals surface area contributed by atoms with Gasteiger partial charge in [-0.25, -0.2) is 9.13 Å². The SMILES string of the molecule is CC/C=C\C/C=C\C/C=C\C/C=C\C/C=C\CCCCCC(=O)OCC(COP(=O)(O)OCC(O)COP(=O)(O)OCC(COC(=O)C/C=C\C/C=C\C/C=C\C/C=C\C/C=C\CC)OC(=O)CCCCCCC/C=C\CCCCCCCC)OC(=O)CCCCCCCC/C=C\C/C=C\C/C=C\C/C=C\CC. The molecule has 0 bridgehead atoms. The Hall–Kier alpha value is -5.84. The normalized spacial score (nSPS) is 14.8. The molecule has 0 aliphatic carbocycles. The smallest absolute Gasteiger partial charge is 0.462 e. The molecule has 5 unspecified atom stereocenters. The number of phosphoric acid groups is 2. The summed E-state index contributed by atoms with van der Waals surface area (Å²) in [6.07, 6.45) is 96.1. The maximum Gasteiger partial charge on any atom is 0.472 e. The van der Waals surface area contributed by atoms with Crippen LogP contribution in [0, 0.1) is 0 Å². The first kappa shape index (κ1) is 102. The zero-order valence-corrected chi connectivity index (χ0v) is 68.7. The molecule has 3 N–H and O–H groups in total. The fraction of sp³-hybridized carbons (Fsp3) is 0.618. The van der Waals surface area contributed by atoms with Gasteiger partial charge in [0.2, 0.25) is 0 Å². The Labute approximate surface area is 654 Å². The molecule has 19 heteroatoms. The Morgan fingerprint density at radius 2 is 0.519 bits per heavy atom. The first-order chi connectivity index (χ1) is 52.7. The highest BCUT2D eigenvalue weighted by Gasteiger charge is 2.30. The van der Waals surface area contributed by atoms with Gasteiger partial charge in [0, 0.05) is 19.3 Å². The lowest BCUT2D eigenvalue weighted by atomic mass is 10.1. The van der Waals surface area contributed by atoms with Crippen LogP contribution in [0.1, 0.15) is 297 Å². The van der Waals surface area contributed by atoms with Crippen LogP contribution in [0.4, 0.5) is 0 Å². The molecular weight excluding hydrogens is 1400 g/mol. The van der Waals surface area contributed by atoms with E-state index in [1.165, 1.54) is 38.5 Å². The van der Waals surface area contributed by atoms with Gasteiger partial charge in [-0.05, 0) is 161 Å². The highest BCUT2D eigenvalue weighted by molar-refractivity contribution is 7.47. The quantitative estimate of drug-likeness (QED) is 0.0169. The standard InChI is InChI=1S/C89H144O17P2/c1-5-9-13-17-21-25-29-33-37-39-41-43-47-50-54-58-62-66-70-74-87(92)100-80-85(106-89(94)76-72-68-64-60-56-52-48-44-42-40-38-34-30-26-22-18-14-10-6-2)82-104-108(97,98)102-78-83(90)77-101-107(95,96)103-81-84(105-88(93)75-71-67-63-59-55-51-46-36-32-28-24-20-16-12-8-4)79-99-86(91)73-69-65-61-57-53-49-45-35-31-27-23-19-15-11-7-3/h9-11,13-15,21-23,25-27,33-38,41-46,50,53-54,57,65,69,83-85,90H,5-8,12,16-20,24,28-32,39-40,47-49,51-52,55-56,58-64,66-68,70-82H2,1-4H3,(H,95,96)(H,97,98)/b13-9-,14-10-,15-11-,25-21-,26-22-,27-23-,37-33-,38-34-,43-41-,44-42-,45-35-,46-36-,54-50-,57-53-,69-65-. The third kappa shape index (κ3) is 78.3. The van der Waals surface area contributed by atoms with Crippen molar-refractivity contribution in [3.8, 4) is 0 Å². The number of unbranched alkanes of at least 4 members (excludes halogenated alkanes) is 20. The van der Waals surface area contributed by atoms with Crippen molar-refractivity contribution < 1.29 is 80.2 Å². The largest absolute Gasteiger partial charge is 0.472 e. The summed E-state index contributed by atoms with van der Waals surface area (Å²) in [6, 6.07) is 0. The van der Waals surface area contributed by atoms with Crippen molar-refractivity contribution in [2.75, 3.05) is 39.6 Å². The van der Waals surface area contributed by atoms with Crippen LogP contribution in [0.2, 0.25) is 0 Å². The Morgan fingerprint density at radius 3 is 0.843 bits per heavy atom. The molecule has 0 saturated heterocycles. The van der Waals surface area contributed by atoms with Crippen molar-refractivity contribution in [2.24, 2.45) is 0 Å². The van der Waals surface area contributed by atoms with E-state index >= 15 is 0 Å². The number of carbonyl (C=O) groups is 4. The predicted octanol–water partition coefficient (Wildman–Crippen LogP) is 24.3. The fourth-order valence-corrected chi connectivity index (χ4v) is 11.8. The van der Waals surface area contributed by atoms with Crippen LogP contribution < -0.4 is 0 Å². The number of rotatable bonds is 75. The van der Waals surface area contributed by atoms with Crippen LogP contribution >= 0.6 is 15.6 Å². The zero-order valence-electron chi connectivity index (χ0n) is 66.9. The maximum atomic E-state index is 13.1. The molecule has 0 amide bonds. The minimum atomic E-state index is -5.01. The van der Waals surface area contributed by atoms with E-state index in [2.05, 4.69) is 186 Å². The minimum absolute atomic E-state index is 0.0592. The average molecular weight is 1550 g/mol. The van der Waals surface area contributed by atoms with Crippen molar-refractivity contribution in [3.63, 3.8) is 0 Å². The summed E-state index contributed by atoms with van der Waals surface area (Å²) in [5, 5.41) is 10.7. The molecular formula is C89H144O17P2. The molecule has 612 valence electrons. The second-order valence-electron chi connectivity index (χ2n) is 26.6. The summed E-state index contributed by atoms with van der Waals surface area (Å²) in [5.74, 6) is -2.40. The van der Waals surface area contributed by atoms with E-state index in [0.29, 0.717) is 25.7 Å². The van der Waals surface area contributed by atoms with Gasteiger partial charge in [-0.15, -0.1) is 0 Å². The Morgan fingerprint density at radius 1 is 0.278 bits per heavy atom. The number of phosphoric ester groups is 2. The molecule has 0 aromatic carbocycles.